The average molecular weight is 176 g/mol. The zero-order chi connectivity index (χ0) is 9.26. The zero-order valence-electron chi connectivity index (χ0n) is 8.25. The topological polar surface area (TPSA) is 24.9 Å². The highest BCUT2D eigenvalue weighted by Gasteiger charge is 2.31. The van der Waals surface area contributed by atoms with Crippen LogP contribution in [0.25, 0.3) is 0 Å². The summed E-state index contributed by atoms with van der Waals surface area (Å²) in [4.78, 5) is 4.41. The third-order valence-corrected chi connectivity index (χ3v) is 2.66. The Morgan fingerprint density at radius 1 is 1.54 bits per heavy atom. The summed E-state index contributed by atoms with van der Waals surface area (Å²) in [5, 5.41) is 3.34. The van der Waals surface area contributed by atoms with Crippen LogP contribution in [-0.4, -0.2) is 12.0 Å². The molecule has 0 spiro atoms. The van der Waals surface area contributed by atoms with E-state index in [-0.39, 0.29) is 0 Å². The van der Waals surface area contributed by atoms with E-state index in [9.17, 15) is 0 Å². The van der Waals surface area contributed by atoms with Crippen LogP contribution < -0.4 is 5.32 Å². The van der Waals surface area contributed by atoms with Crippen molar-refractivity contribution >= 4 is 0 Å². The van der Waals surface area contributed by atoms with Crippen LogP contribution in [0.15, 0.2) is 18.3 Å². The molecule has 1 saturated carbocycles. The van der Waals surface area contributed by atoms with Gasteiger partial charge in [-0.25, -0.2) is 0 Å². The van der Waals surface area contributed by atoms with Crippen molar-refractivity contribution in [2.45, 2.75) is 25.8 Å². The summed E-state index contributed by atoms with van der Waals surface area (Å²) in [6.07, 6.45) is 4.60. The Morgan fingerprint density at radius 3 is 2.85 bits per heavy atom. The fourth-order valence-corrected chi connectivity index (χ4v) is 1.78. The predicted molar refractivity (Wildman–Crippen MR) is 53.5 cm³/mol. The summed E-state index contributed by atoms with van der Waals surface area (Å²) in [5.74, 6) is 0.819. The van der Waals surface area contributed by atoms with Gasteiger partial charge in [0.05, 0.1) is 11.7 Å². The van der Waals surface area contributed by atoms with Crippen molar-refractivity contribution in [2.75, 3.05) is 7.05 Å². The number of hydrogen-bond acceptors (Lipinski definition) is 2. The molecule has 1 heterocycles. The Kier molecular flexibility index (Phi) is 2.32. The summed E-state index contributed by atoms with van der Waals surface area (Å²) in [5.41, 5.74) is 2.50. The summed E-state index contributed by atoms with van der Waals surface area (Å²) >= 11 is 0. The summed E-state index contributed by atoms with van der Waals surface area (Å²) in [6, 6.07) is 4.70. The van der Waals surface area contributed by atoms with Crippen molar-refractivity contribution in [3.8, 4) is 0 Å². The number of nitrogens with zero attached hydrogens (tertiary/aromatic N) is 1. The van der Waals surface area contributed by atoms with Crippen LogP contribution >= 0.6 is 0 Å². The minimum Gasteiger partial charge on any atom is -0.311 e. The first kappa shape index (κ1) is 8.70. The van der Waals surface area contributed by atoms with Gasteiger partial charge in [0.1, 0.15) is 0 Å². The second-order valence-corrected chi connectivity index (χ2v) is 3.86. The lowest BCUT2D eigenvalue weighted by atomic mass is 10.1. The SMILES string of the molecule is CNC(c1cc(C)ccn1)C1CC1. The van der Waals surface area contributed by atoms with Crippen LogP contribution in [0.5, 0.6) is 0 Å². The molecule has 1 aliphatic carbocycles. The van der Waals surface area contributed by atoms with E-state index in [0.29, 0.717) is 6.04 Å². The van der Waals surface area contributed by atoms with Gasteiger partial charge in [0.25, 0.3) is 0 Å². The van der Waals surface area contributed by atoms with E-state index >= 15 is 0 Å². The first-order valence-electron chi connectivity index (χ1n) is 4.91. The highest BCUT2D eigenvalue weighted by molar-refractivity contribution is 5.18. The molecule has 1 aromatic rings. The fraction of sp³-hybridized carbons (Fsp3) is 0.545. The van der Waals surface area contributed by atoms with Crippen molar-refractivity contribution in [3.63, 3.8) is 0 Å². The molecule has 1 N–H and O–H groups in total. The first-order chi connectivity index (χ1) is 6.31. The van der Waals surface area contributed by atoms with Crippen LogP contribution in [0, 0.1) is 12.8 Å². The molecule has 1 aliphatic rings. The molecule has 0 saturated heterocycles. The number of rotatable bonds is 3. The molecule has 1 unspecified atom stereocenters. The van der Waals surface area contributed by atoms with Crippen molar-refractivity contribution in [1.82, 2.24) is 10.3 Å². The van der Waals surface area contributed by atoms with E-state index in [0.717, 1.165) is 5.92 Å². The number of aromatic nitrogens is 1. The molecule has 0 radical (unpaired) electrons. The third kappa shape index (κ3) is 1.89. The molecule has 0 aliphatic heterocycles. The number of aryl methyl sites for hydroxylation is 1. The predicted octanol–water partition coefficient (Wildman–Crippen LogP) is 2.06. The Hall–Kier alpha value is -0.890. The van der Waals surface area contributed by atoms with E-state index in [2.05, 4.69) is 23.3 Å². The van der Waals surface area contributed by atoms with Gasteiger partial charge in [-0.3, -0.25) is 4.98 Å². The molecule has 0 amide bonds. The third-order valence-electron chi connectivity index (χ3n) is 2.66. The molecule has 1 aromatic heterocycles. The summed E-state index contributed by atoms with van der Waals surface area (Å²) in [7, 11) is 2.02. The maximum Gasteiger partial charge on any atom is 0.0578 e. The van der Waals surface area contributed by atoms with Gasteiger partial charge < -0.3 is 5.32 Å². The Bertz CT molecular complexity index is 292. The van der Waals surface area contributed by atoms with Gasteiger partial charge in [-0.2, -0.15) is 0 Å². The molecule has 0 bridgehead atoms. The number of pyridine rings is 1. The van der Waals surface area contributed by atoms with Gasteiger partial charge >= 0.3 is 0 Å². The smallest absolute Gasteiger partial charge is 0.0578 e. The Labute approximate surface area is 79.4 Å². The molecule has 13 heavy (non-hydrogen) atoms. The molecule has 0 aromatic carbocycles. The highest BCUT2D eigenvalue weighted by atomic mass is 14.9. The van der Waals surface area contributed by atoms with Gasteiger partial charge in [0.15, 0.2) is 0 Å². The highest BCUT2D eigenvalue weighted by Crippen LogP contribution is 2.40. The lowest BCUT2D eigenvalue weighted by Gasteiger charge is -2.14. The largest absolute Gasteiger partial charge is 0.311 e. The minimum atomic E-state index is 0.472. The monoisotopic (exact) mass is 176 g/mol. The van der Waals surface area contributed by atoms with Gasteiger partial charge in [0.2, 0.25) is 0 Å². The molecule has 70 valence electrons. The number of nitrogens with one attached hydrogen (secondary N) is 1. The number of hydrogen-bond donors (Lipinski definition) is 1. The van der Waals surface area contributed by atoms with Crippen LogP contribution in [0.3, 0.4) is 0 Å². The normalized spacial score (nSPS) is 18.6. The molecule has 2 nitrogen and oxygen atoms in total. The van der Waals surface area contributed by atoms with Gasteiger partial charge in [-0.05, 0) is 50.4 Å². The lowest BCUT2D eigenvalue weighted by molar-refractivity contribution is 0.515. The van der Waals surface area contributed by atoms with Crippen molar-refractivity contribution in [1.29, 1.82) is 0 Å². The van der Waals surface area contributed by atoms with Gasteiger partial charge in [-0.1, -0.05) is 0 Å². The molecule has 1 fully saturated rings. The molecular weight excluding hydrogens is 160 g/mol. The lowest BCUT2D eigenvalue weighted by Crippen LogP contribution is -2.19. The van der Waals surface area contributed by atoms with Crippen LogP contribution in [0.4, 0.5) is 0 Å². The molecule has 1 atom stereocenters. The first-order valence-corrected chi connectivity index (χ1v) is 4.91. The van der Waals surface area contributed by atoms with E-state index in [4.69, 9.17) is 0 Å². The van der Waals surface area contributed by atoms with Crippen molar-refractivity contribution in [3.05, 3.63) is 29.6 Å². The van der Waals surface area contributed by atoms with Crippen LogP contribution in [0.1, 0.15) is 30.1 Å². The summed E-state index contributed by atoms with van der Waals surface area (Å²) < 4.78 is 0. The van der Waals surface area contributed by atoms with Gasteiger partial charge in [0, 0.05) is 6.20 Å². The van der Waals surface area contributed by atoms with Crippen molar-refractivity contribution in [2.24, 2.45) is 5.92 Å². The maximum atomic E-state index is 4.41. The molecule has 2 heteroatoms. The average Bonchev–Trinajstić information content (AvgIpc) is 2.90. The standard InChI is InChI=1S/C11H16N2/c1-8-5-6-13-10(7-8)11(12-2)9-3-4-9/h5-7,9,11-12H,3-4H2,1-2H3. The zero-order valence-corrected chi connectivity index (χ0v) is 8.25. The van der Waals surface area contributed by atoms with Gasteiger partial charge in [-0.15, -0.1) is 0 Å². The molecule has 2 rings (SSSR count). The van der Waals surface area contributed by atoms with Crippen LogP contribution in [-0.2, 0) is 0 Å². The molecular formula is C11H16N2. The second kappa shape index (κ2) is 3.46. The summed E-state index contributed by atoms with van der Waals surface area (Å²) in [6.45, 7) is 2.12. The Morgan fingerprint density at radius 2 is 2.31 bits per heavy atom. The maximum absolute atomic E-state index is 4.41. The van der Waals surface area contributed by atoms with Crippen LogP contribution in [0.2, 0.25) is 0 Å². The Balaban J connectivity index is 2.21. The van der Waals surface area contributed by atoms with E-state index < -0.39 is 0 Å². The van der Waals surface area contributed by atoms with E-state index in [1.165, 1.54) is 24.1 Å². The van der Waals surface area contributed by atoms with E-state index in [1.54, 1.807) is 0 Å². The van der Waals surface area contributed by atoms with Crippen molar-refractivity contribution < 1.29 is 0 Å². The quantitative estimate of drug-likeness (QED) is 0.762. The minimum absolute atomic E-state index is 0.472. The fourth-order valence-electron chi connectivity index (χ4n) is 1.78. The van der Waals surface area contributed by atoms with E-state index in [1.807, 2.05) is 19.3 Å². The second-order valence-electron chi connectivity index (χ2n) is 3.86.